The molecule has 6 heteroatoms. The molecule has 0 radical (unpaired) electrons. The molecule has 5 rings (SSSR count). The maximum atomic E-state index is 3.33. The first-order valence-corrected chi connectivity index (χ1v) is 13.3. The Morgan fingerprint density at radius 2 is 1.22 bits per heavy atom. The Kier molecular flexibility index (Phi) is 5.04. The van der Waals surface area contributed by atoms with Crippen LogP contribution >= 0.6 is 69.3 Å². The number of thiophene rings is 3. The van der Waals surface area contributed by atoms with E-state index in [2.05, 4.69) is 71.0 Å². The summed E-state index contributed by atoms with van der Waals surface area (Å²) in [6.07, 6.45) is 2.11. The van der Waals surface area contributed by atoms with E-state index in [9.17, 15) is 0 Å². The summed E-state index contributed by atoms with van der Waals surface area (Å²) in [7, 11) is 0. The van der Waals surface area contributed by atoms with Gasteiger partial charge in [0.15, 0.2) is 0 Å². The summed E-state index contributed by atoms with van der Waals surface area (Å²) in [6, 6.07) is 12.9. The van der Waals surface area contributed by atoms with Gasteiger partial charge in [-0.25, -0.2) is 0 Å². The average Bonchev–Trinajstić information content (AvgIpc) is 3.51. The Morgan fingerprint density at radius 1 is 0.667 bits per heavy atom. The highest BCUT2D eigenvalue weighted by molar-refractivity contribution is 8.17. The molecule has 0 nitrogen and oxygen atoms in total. The van der Waals surface area contributed by atoms with Gasteiger partial charge in [-0.05, 0) is 42.0 Å². The predicted molar refractivity (Wildman–Crippen MR) is 128 cm³/mol. The molecule has 130 valence electrons. The molecule has 0 aliphatic carbocycles. The van der Waals surface area contributed by atoms with Crippen molar-refractivity contribution in [3.8, 4) is 0 Å². The average molecular weight is 455 g/mol. The largest absolute Gasteiger partial charge is 0.143 e. The zero-order chi connectivity index (χ0) is 18.2. The maximum absolute atomic E-state index is 3.33. The Hall–Kier alpha value is -1.25. The molecule has 0 unspecified atom stereocenters. The van der Waals surface area contributed by atoms with E-state index in [1.807, 2.05) is 11.3 Å². The van der Waals surface area contributed by atoms with Gasteiger partial charge in [-0.3, -0.25) is 0 Å². The summed E-state index contributed by atoms with van der Waals surface area (Å²) < 4.78 is 1.33. The molecule has 0 fully saturated rings. The van der Waals surface area contributed by atoms with Crippen LogP contribution in [0, 0.1) is 0 Å². The van der Waals surface area contributed by atoms with Crippen LogP contribution in [-0.2, 0) is 0 Å². The third-order valence-corrected chi connectivity index (χ3v) is 10.6. The third-order valence-electron chi connectivity index (χ3n) is 3.79. The number of thioether (sulfide) groups is 3. The molecule has 0 aromatic carbocycles. The highest BCUT2D eigenvalue weighted by atomic mass is 32.2. The molecular weight excluding hydrogens is 445 g/mol. The Bertz CT molecular complexity index is 1240. The van der Waals surface area contributed by atoms with E-state index in [1.54, 1.807) is 58.0 Å². The minimum Gasteiger partial charge on any atom is -0.143 e. The third kappa shape index (κ3) is 3.59. The lowest BCUT2D eigenvalue weighted by molar-refractivity contribution is 1.74. The Balaban J connectivity index is 1.38. The van der Waals surface area contributed by atoms with Crippen LogP contribution in [0.2, 0.25) is 0 Å². The summed E-state index contributed by atoms with van der Waals surface area (Å²) in [5.41, 5.74) is 13.3. The van der Waals surface area contributed by atoms with Crippen molar-refractivity contribution in [3.05, 3.63) is 84.2 Å². The van der Waals surface area contributed by atoms with Gasteiger partial charge in [0.2, 0.25) is 0 Å². The Labute approximate surface area is 182 Å². The standard InChI is InChI=1S/C21H10S6/c1-22-21-11-10-20(27-21)19-9-8-18(26-19)17-7-6-16(25-17)15-5-4-14(24-15)13-3-2-12-23-13/h2-3,6-7,10-12H,1H3. The van der Waals surface area contributed by atoms with Crippen LogP contribution in [-0.4, -0.2) is 6.26 Å². The zero-order valence-electron chi connectivity index (χ0n) is 14.0. The van der Waals surface area contributed by atoms with E-state index in [4.69, 9.17) is 0 Å². The molecule has 0 spiro atoms. The molecule has 0 N–H and O–H groups in total. The molecule has 0 atom stereocenters. The van der Waals surface area contributed by atoms with Gasteiger partial charge >= 0.3 is 0 Å². The molecule has 2 aliphatic rings. The van der Waals surface area contributed by atoms with Crippen LogP contribution in [0.3, 0.4) is 0 Å². The maximum Gasteiger partial charge on any atom is 0.0804 e. The van der Waals surface area contributed by atoms with Gasteiger partial charge in [0.25, 0.3) is 0 Å². The first-order valence-electron chi connectivity index (χ1n) is 7.96. The molecule has 2 aliphatic heterocycles. The van der Waals surface area contributed by atoms with Crippen molar-refractivity contribution in [1.82, 2.24) is 0 Å². The molecule has 0 amide bonds. The SMILES string of the molecule is CSc1ccc(C2=C=C=C(c3ccc(C4=C=C=C(c5cccs5)S4)s3)S2)s1. The van der Waals surface area contributed by atoms with E-state index >= 15 is 0 Å². The van der Waals surface area contributed by atoms with Crippen molar-refractivity contribution >= 4 is 88.9 Å². The number of hydrogen-bond acceptors (Lipinski definition) is 6. The minimum atomic E-state index is 1.15. The van der Waals surface area contributed by atoms with Crippen molar-refractivity contribution in [2.24, 2.45) is 0 Å². The van der Waals surface area contributed by atoms with E-state index in [-0.39, 0.29) is 0 Å². The van der Waals surface area contributed by atoms with Gasteiger partial charge in [0.1, 0.15) is 0 Å². The van der Waals surface area contributed by atoms with Gasteiger partial charge in [-0.15, -0.1) is 45.8 Å². The van der Waals surface area contributed by atoms with Gasteiger partial charge in [0, 0.05) is 4.88 Å². The highest BCUT2D eigenvalue weighted by Gasteiger charge is 2.18. The number of hydrogen-bond donors (Lipinski definition) is 0. The summed E-state index contributed by atoms with van der Waals surface area (Å²) in [6.45, 7) is 0. The molecule has 5 heterocycles. The van der Waals surface area contributed by atoms with Crippen LogP contribution in [0.4, 0.5) is 0 Å². The summed E-state index contributed by atoms with van der Waals surface area (Å²) in [4.78, 5) is 9.63. The van der Waals surface area contributed by atoms with E-state index in [0.29, 0.717) is 0 Å². The monoisotopic (exact) mass is 454 g/mol. The smallest absolute Gasteiger partial charge is 0.0804 e. The van der Waals surface area contributed by atoms with E-state index in [1.165, 1.54) is 28.6 Å². The van der Waals surface area contributed by atoms with Crippen molar-refractivity contribution in [3.63, 3.8) is 0 Å². The van der Waals surface area contributed by atoms with Crippen molar-refractivity contribution in [2.45, 2.75) is 4.21 Å². The van der Waals surface area contributed by atoms with Crippen LogP contribution in [0.1, 0.15) is 19.5 Å². The molecule has 3 aromatic heterocycles. The van der Waals surface area contributed by atoms with Crippen LogP contribution in [0.15, 0.2) is 68.9 Å². The second kappa shape index (κ2) is 7.64. The van der Waals surface area contributed by atoms with Crippen LogP contribution in [0.5, 0.6) is 0 Å². The zero-order valence-corrected chi connectivity index (χ0v) is 18.9. The second-order valence-electron chi connectivity index (χ2n) is 5.48. The second-order valence-corrected chi connectivity index (χ2v) is 11.7. The summed E-state index contributed by atoms with van der Waals surface area (Å²) in [5, 5.41) is 2.10. The molecule has 0 saturated heterocycles. The van der Waals surface area contributed by atoms with Gasteiger partial charge in [-0.1, -0.05) is 52.5 Å². The normalized spacial score (nSPS) is 15.1. The fourth-order valence-electron chi connectivity index (χ4n) is 2.52. The quantitative estimate of drug-likeness (QED) is 0.281. The van der Waals surface area contributed by atoms with Crippen LogP contribution < -0.4 is 0 Å². The fourth-order valence-corrected chi connectivity index (χ4v) is 7.89. The molecule has 0 saturated carbocycles. The van der Waals surface area contributed by atoms with Crippen LogP contribution in [0.25, 0.3) is 19.6 Å². The summed E-state index contributed by atoms with van der Waals surface area (Å²) in [5.74, 6) is 0. The lowest BCUT2D eigenvalue weighted by Gasteiger charge is -2.00. The van der Waals surface area contributed by atoms with E-state index in [0.717, 1.165) is 14.7 Å². The lowest BCUT2D eigenvalue weighted by Crippen LogP contribution is -1.71. The lowest BCUT2D eigenvalue weighted by atomic mass is 10.4. The van der Waals surface area contributed by atoms with Gasteiger partial charge in [0.05, 0.1) is 38.5 Å². The topological polar surface area (TPSA) is 0 Å². The first kappa shape index (κ1) is 17.8. The van der Waals surface area contributed by atoms with Gasteiger partial charge in [-0.2, -0.15) is 0 Å². The molecule has 27 heavy (non-hydrogen) atoms. The molecule has 0 bridgehead atoms. The molecular formula is C21H10S6. The number of rotatable bonds is 5. The fraction of sp³-hybridized carbons (Fsp3) is 0.0476. The van der Waals surface area contributed by atoms with Crippen molar-refractivity contribution < 1.29 is 0 Å². The van der Waals surface area contributed by atoms with Crippen molar-refractivity contribution in [2.75, 3.05) is 6.26 Å². The first-order chi connectivity index (χ1) is 13.3. The van der Waals surface area contributed by atoms with Crippen molar-refractivity contribution in [1.29, 1.82) is 0 Å². The Morgan fingerprint density at radius 3 is 1.74 bits per heavy atom. The van der Waals surface area contributed by atoms with Gasteiger partial charge < -0.3 is 0 Å². The highest BCUT2D eigenvalue weighted by Crippen LogP contribution is 2.48. The minimum absolute atomic E-state index is 1.15. The van der Waals surface area contributed by atoms with E-state index < -0.39 is 0 Å². The summed E-state index contributed by atoms with van der Waals surface area (Å²) >= 11 is 10.7. The molecule has 3 aromatic rings. The predicted octanol–water partition coefficient (Wildman–Crippen LogP) is 8.36.